The van der Waals surface area contributed by atoms with E-state index < -0.39 is 20.0 Å². The number of aromatic nitrogens is 2. The molecule has 8 nitrogen and oxygen atoms in total. The number of phosphoric ester groups is 1. The molecule has 2 atom stereocenters. The lowest BCUT2D eigenvalue weighted by Gasteiger charge is -2.17. The maximum absolute atomic E-state index is 11.2. The lowest BCUT2D eigenvalue weighted by Crippen LogP contribution is -2.17. The molecule has 0 amide bonds. The van der Waals surface area contributed by atoms with E-state index in [1.54, 1.807) is 17.7 Å². The Morgan fingerprint density at radius 2 is 1.74 bits per heavy atom. The molecular weight excluding hydrogens is 417 g/mol. The zero-order valence-corrected chi connectivity index (χ0v) is 18.0. The van der Waals surface area contributed by atoms with Gasteiger partial charge in [0.15, 0.2) is 0 Å². The van der Waals surface area contributed by atoms with Gasteiger partial charge in [0.2, 0.25) is 0 Å². The number of anilines is 1. The van der Waals surface area contributed by atoms with Crippen molar-refractivity contribution < 1.29 is 24.0 Å². The van der Waals surface area contributed by atoms with Crippen LogP contribution in [0, 0.1) is 11.8 Å². The van der Waals surface area contributed by atoms with E-state index in [1.807, 2.05) is 55.6 Å². The van der Waals surface area contributed by atoms with Crippen LogP contribution in [0.3, 0.4) is 0 Å². The van der Waals surface area contributed by atoms with Crippen LogP contribution in [0.1, 0.15) is 30.5 Å². The average molecular weight is 441 g/mol. The number of nitrogens with zero attached hydrogens (tertiary/aromatic N) is 2. The predicted molar refractivity (Wildman–Crippen MR) is 118 cm³/mol. The van der Waals surface area contributed by atoms with Gasteiger partial charge < -0.3 is 24.8 Å². The van der Waals surface area contributed by atoms with Crippen molar-refractivity contribution in [3.8, 4) is 23.0 Å². The Morgan fingerprint density at radius 1 is 1.13 bits per heavy atom. The average Bonchev–Trinajstić information content (AvgIpc) is 3.24. The topological polar surface area (TPSA) is 117 Å². The summed E-state index contributed by atoms with van der Waals surface area (Å²) in [6.07, 6.45) is 2.20. The molecule has 0 bridgehead atoms. The molecule has 1 aromatic heterocycles. The molecule has 0 fully saturated rings. The van der Waals surface area contributed by atoms with Crippen molar-refractivity contribution >= 4 is 13.5 Å². The van der Waals surface area contributed by atoms with Crippen LogP contribution in [0.25, 0.3) is 11.1 Å². The molecule has 4 N–H and O–H groups in total. The van der Waals surface area contributed by atoms with Crippen LogP contribution in [-0.2, 0) is 9.09 Å². The fourth-order valence-electron chi connectivity index (χ4n) is 3.01. The maximum Gasteiger partial charge on any atom is 0.469 e. The van der Waals surface area contributed by atoms with Crippen molar-refractivity contribution in [2.24, 2.45) is 0 Å². The molecule has 0 unspecified atom stereocenters. The van der Waals surface area contributed by atoms with Gasteiger partial charge in [-0.1, -0.05) is 36.1 Å². The number of aliphatic hydroxyl groups excluding tert-OH is 1. The summed E-state index contributed by atoms with van der Waals surface area (Å²) in [4.78, 5) is 22.2. The van der Waals surface area contributed by atoms with Crippen LogP contribution in [-0.4, -0.2) is 38.1 Å². The Morgan fingerprint density at radius 3 is 2.29 bits per heavy atom. The summed E-state index contributed by atoms with van der Waals surface area (Å²) in [5, 5.41) is 13.0. The molecule has 0 saturated carbocycles. The molecule has 0 spiro atoms. The first kappa shape index (κ1) is 22.8. The smallest absolute Gasteiger partial charge is 0.388 e. The fraction of sp³-hybridized carbons (Fsp3) is 0.227. The van der Waals surface area contributed by atoms with Crippen molar-refractivity contribution in [2.75, 3.05) is 19.0 Å². The van der Waals surface area contributed by atoms with Crippen LogP contribution < -0.4 is 5.32 Å². The van der Waals surface area contributed by atoms with E-state index in [4.69, 9.17) is 9.79 Å². The number of aliphatic hydroxyl groups is 1. The van der Waals surface area contributed by atoms with E-state index in [0.29, 0.717) is 5.82 Å². The van der Waals surface area contributed by atoms with Crippen molar-refractivity contribution in [1.29, 1.82) is 0 Å². The highest BCUT2D eigenvalue weighted by molar-refractivity contribution is 7.46. The van der Waals surface area contributed by atoms with Crippen molar-refractivity contribution in [3.05, 3.63) is 72.3 Å². The molecule has 2 aromatic carbocycles. The summed E-state index contributed by atoms with van der Waals surface area (Å²) in [5.41, 5.74) is 3.88. The van der Waals surface area contributed by atoms with Crippen molar-refractivity contribution in [2.45, 2.75) is 19.1 Å². The first-order valence-corrected chi connectivity index (χ1v) is 11.1. The molecule has 162 valence electrons. The van der Waals surface area contributed by atoms with E-state index in [-0.39, 0.29) is 6.61 Å². The van der Waals surface area contributed by atoms with E-state index in [1.165, 1.54) is 6.20 Å². The summed E-state index contributed by atoms with van der Waals surface area (Å²) in [7, 11) is -2.80. The van der Waals surface area contributed by atoms with Crippen LogP contribution >= 0.6 is 7.82 Å². The Balaban J connectivity index is 1.83. The first-order valence-electron chi connectivity index (χ1n) is 9.57. The highest BCUT2D eigenvalue weighted by Gasteiger charge is 2.21. The molecule has 0 aliphatic rings. The second-order valence-electron chi connectivity index (χ2n) is 6.84. The highest BCUT2D eigenvalue weighted by Crippen LogP contribution is 2.37. The van der Waals surface area contributed by atoms with E-state index in [9.17, 15) is 9.67 Å². The Kier molecular flexibility index (Phi) is 7.29. The largest absolute Gasteiger partial charge is 0.469 e. The molecule has 31 heavy (non-hydrogen) atoms. The minimum absolute atomic E-state index is 0.328. The summed E-state index contributed by atoms with van der Waals surface area (Å²) < 4.78 is 17.4. The number of phosphoric acid groups is 1. The van der Waals surface area contributed by atoms with Crippen LogP contribution in [0.2, 0.25) is 0 Å². The predicted octanol–water partition coefficient (Wildman–Crippen LogP) is 3.35. The third-order valence-corrected chi connectivity index (χ3v) is 5.07. The highest BCUT2D eigenvalue weighted by atomic mass is 31.2. The fourth-order valence-corrected chi connectivity index (χ4v) is 3.35. The molecule has 0 radical (unpaired) electrons. The molecule has 3 rings (SSSR count). The van der Waals surface area contributed by atoms with Crippen LogP contribution in [0.15, 0.2) is 60.9 Å². The van der Waals surface area contributed by atoms with E-state index >= 15 is 0 Å². The second-order valence-corrected chi connectivity index (χ2v) is 8.08. The third kappa shape index (κ3) is 6.28. The molecule has 0 aliphatic carbocycles. The van der Waals surface area contributed by atoms with Crippen molar-refractivity contribution in [1.82, 2.24) is 9.55 Å². The van der Waals surface area contributed by atoms with E-state index in [2.05, 4.69) is 26.7 Å². The van der Waals surface area contributed by atoms with Crippen LogP contribution in [0.5, 0.6) is 0 Å². The summed E-state index contributed by atoms with van der Waals surface area (Å²) in [6.45, 7) is 1.19. The van der Waals surface area contributed by atoms with Crippen molar-refractivity contribution in [3.63, 3.8) is 0 Å². The minimum Gasteiger partial charge on any atom is -0.388 e. The molecule has 0 aliphatic heterocycles. The van der Waals surface area contributed by atoms with Crippen LogP contribution in [0.4, 0.5) is 5.69 Å². The van der Waals surface area contributed by atoms with Gasteiger partial charge >= 0.3 is 7.82 Å². The normalized spacial score (nSPS) is 13.2. The number of hydrogen-bond donors (Lipinski definition) is 4. The molecule has 3 aromatic rings. The standard InChI is InChI=1S/C22H24N3O5P/c1-16(26)22-24-13-14-25(22)21(15-30-31(27,28)29)12-5-17-3-6-18(7-4-17)19-8-10-20(23-2)11-9-19/h3-4,6-11,13-14,16,21,23,26H,15H2,1-2H3,(H2,27,28,29)/t16-,21-/m0/s1. The molecule has 1 heterocycles. The number of benzene rings is 2. The van der Waals surface area contributed by atoms with Gasteiger partial charge in [0.25, 0.3) is 0 Å². The lowest BCUT2D eigenvalue weighted by molar-refractivity contribution is 0.165. The zero-order chi connectivity index (χ0) is 22.4. The molecule has 0 saturated heterocycles. The lowest BCUT2D eigenvalue weighted by atomic mass is 10.0. The number of rotatable bonds is 7. The summed E-state index contributed by atoms with van der Waals surface area (Å²) >= 11 is 0. The van der Waals surface area contributed by atoms with Gasteiger partial charge in [0.1, 0.15) is 18.0 Å². The monoisotopic (exact) mass is 441 g/mol. The van der Waals surface area contributed by atoms with Gasteiger partial charge in [-0.2, -0.15) is 0 Å². The SMILES string of the molecule is CNc1ccc(-c2ccc(C#C[C@@H](COP(=O)(O)O)n3ccnc3[C@H](C)O)cc2)cc1. The summed E-state index contributed by atoms with van der Waals surface area (Å²) in [6, 6.07) is 15.0. The van der Waals surface area contributed by atoms with Gasteiger partial charge in [0, 0.05) is 30.7 Å². The Hall–Kier alpha value is -2.92. The number of imidazole rings is 1. The maximum atomic E-state index is 11.2. The van der Waals surface area contributed by atoms with Gasteiger partial charge in [-0.25, -0.2) is 9.55 Å². The second kappa shape index (κ2) is 9.92. The Labute approximate surface area is 180 Å². The molecular formula is C22H24N3O5P. The Bertz CT molecular complexity index is 1110. The first-order chi connectivity index (χ1) is 14.8. The van der Waals surface area contributed by atoms with Gasteiger partial charge in [-0.15, -0.1) is 0 Å². The summed E-state index contributed by atoms with van der Waals surface area (Å²) in [5.74, 6) is 6.30. The minimum atomic E-state index is -4.67. The third-order valence-electron chi connectivity index (χ3n) is 4.58. The zero-order valence-electron chi connectivity index (χ0n) is 17.1. The van der Waals surface area contributed by atoms with Gasteiger partial charge in [-0.05, 0) is 42.3 Å². The van der Waals surface area contributed by atoms with E-state index in [0.717, 1.165) is 22.4 Å². The van der Waals surface area contributed by atoms with Gasteiger partial charge in [-0.3, -0.25) is 4.52 Å². The quantitative estimate of drug-likeness (QED) is 0.328. The molecule has 9 heteroatoms. The number of hydrogen-bond acceptors (Lipinski definition) is 5. The number of nitrogens with one attached hydrogen (secondary N) is 1. The van der Waals surface area contributed by atoms with Gasteiger partial charge in [0.05, 0.1) is 6.61 Å².